The molecule has 0 saturated heterocycles. The van der Waals surface area contributed by atoms with Gasteiger partial charge < -0.3 is 0 Å². The number of aryl methyl sites for hydroxylation is 2. The van der Waals surface area contributed by atoms with Gasteiger partial charge in [-0.3, -0.25) is 9.25 Å². The van der Waals surface area contributed by atoms with Gasteiger partial charge in [0, 0.05) is 30.3 Å². The second-order valence-electron chi connectivity index (χ2n) is 4.64. The maximum atomic E-state index is 4.35. The quantitative estimate of drug-likeness (QED) is 0.740. The number of thioether (sulfide) groups is 1. The number of fused-ring (bicyclic) bond motifs is 3. The molecule has 0 bridgehead atoms. The molecule has 0 spiro atoms. The highest BCUT2D eigenvalue weighted by Crippen LogP contribution is 2.34. The molecule has 0 N–H and O–H groups in total. The molecule has 0 aliphatic carbocycles. The monoisotopic (exact) mass is 283 g/mol. The van der Waals surface area contributed by atoms with Crippen LogP contribution in [0.1, 0.15) is 11.6 Å². The highest BCUT2D eigenvalue weighted by atomic mass is 32.2. The lowest BCUT2D eigenvalue weighted by Crippen LogP contribution is -2.12. The van der Waals surface area contributed by atoms with E-state index in [4.69, 9.17) is 0 Å². The summed E-state index contributed by atoms with van der Waals surface area (Å²) in [6.07, 6.45) is 4.59. The first-order valence-electron chi connectivity index (χ1n) is 6.54. The van der Waals surface area contributed by atoms with E-state index in [-0.39, 0.29) is 0 Å². The van der Waals surface area contributed by atoms with Gasteiger partial charge in [-0.05, 0) is 18.2 Å². The van der Waals surface area contributed by atoms with Crippen LogP contribution in [0.25, 0.3) is 5.69 Å². The van der Waals surface area contributed by atoms with Crippen LogP contribution < -0.4 is 0 Å². The van der Waals surface area contributed by atoms with Gasteiger partial charge in [0.2, 0.25) is 0 Å². The van der Waals surface area contributed by atoms with E-state index in [2.05, 4.69) is 44.1 Å². The number of aromatic nitrogens is 5. The zero-order valence-electron chi connectivity index (χ0n) is 10.8. The van der Waals surface area contributed by atoms with Crippen LogP contribution in [-0.2, 0) is 18.7 Å². The molecular formula is C14H13N5S. The minimum absolute atomic E-state index is 0.820. The number of hydrogen-bond acceptors (Lipinski definition) is 4. The Morgan fingerprint density at radius 1 is 1.15 bits per heavy atom. The number of benzene rings is 1. The molecule has 1 aliphatic heterocycles. The number of rotatable bonds is 3. The molecule has 3 heterocycles. The van der Waals surface area contributed by atoms with Crippen molar-refractivity contribution in [2.75, 3.05) is 0 Å². The van der Waals surface area contributed by atoms with Gasteiger partial charge in [0.1, 0.15) is 11.6 Å². The molecule has 5 nitrogen and oxygen atoms in total. The Hall–Kier alpha value is -2.08. The molecule has 6 heteroatoms. The summed E-state index contributed by atoms with van der Waals surface area (Å²) in [6, 6.07) is 10.4. The lowest BCUT2D eigenvalue weighted by molar-refractivity contribution is 0.594. The molecule has 0 radical (unpaired) electrons. The maximum Gasteiger partial charge on any atom is 0.148 e. The third-order valence-corrected chi connectivity index (χ3v) is 4.44. The Bertz CT molecular complexity index is 732. The molecule has 0 unspecified atom stereocenters. The van der Waals surface area contributed by atoms with Crippen molar-refractivity contribution in [3.05, 3.63) is 54.4 Å². The van der Waals surface area contributed by atoms with Crippen LogP contribution in [0.4, 0.5) is 0 Å². The second-order valence-corrected chi connectivity index (χ2v) is 5.66. The van der Waals surface area contributed by atoms with Gasteiger partial charge in [-0.15, -0.1) is 22.0 Å². The van der Waals surface area contributed by atoms with E-state index in [9.17, 15) is 0 Å². The van der Waals surface area contributed by atoms with E-state index in [1.54, 1.807) is 6.20 Å². The fraction of sp³-hybridized carbons (Fsp3) is 0.214. The first-order chi connectivity index (χ1) is 9.92. The standard InChI is InChI=1S/C14H13N5S/c1-2-5-12-11(4-1)19-13(16-17-14(19)10-20-12)6-9-18-8-3-7-15-18/h1-5,7-8H,6,9-10H2. The van der Waals surface area contributed by atoms with Crippen molar-refractivity contribution in [3.63, 3.8) is 0 Å². The molecule has 4 rings (SSSR count). The van der Waals surface area contributed by atoms with E-state index in [0.29, 0.717) is 0 Å². The summed E-state index contributed by atoms with van der Waals surface area (Å²) in [4.78, 5) is 1.29. The van der Waals surface area contributed by atoms with E-state index in [0.717, 1.165) is 30.4 Å². The van der Waals surface area contributed by atoms with Crippen molar-refractivity contribution in [2.45, 2.75) is 23.6 Å². The molecule has 1 aromatic carbocycles. The highest BCUT2D eigenvalue weighted by Gasteiger charge is 2.21. The van der Waals surface area contributed by atoms with Crippen LogP contribution in [0.5, 0.6) is 0 Å². The Labute approximate surface area is 120 Å². The molecule has 0 amide bonds. The van der Waals surface area contributed by atoms with Crippen molar-refractivity contribution in [3.8, 4) is 5.69 Å². The lowest BCUT2D eigenvalue weighted by Gasteiger charge is -2.18. The minimum Gasteiger partial charge on any atom is -0.281 e. The molecule has 2 aromatic heterocycles. The summed E-state index contributed by atoms with van der Waals surface area (Å²) < 4.78 is 4.11. The largest absolute Gasteiger partial charge is 0.281 e. The van der Waals surface area contributed by atoms with Crippen molar-refractivity contribution in [2.24, 2.45) is 0 Å². The van der Waals surface area contributed by atoms with E-state index >= 15 is 0 Å². The van der Waals surface area contributed by atoms with Gasteiger partial charge in [0.05, 0.1) is 11.4 Å². The molecule has 0 atom stereocenters. The molecule has 20 heavy (non-hydrogen) atoms. The Balaban J connectivity index is 1.69. The first kappa shape index (κ1) is 11.7. The smallest absolute Gasteiger partial charge is 0.148 e. The predicted molar refractivity (Wildman–Crippen MR) is 76.9 cm³/mol. The van der Waals surface area contributed by atoms with Crippen molar-refractivity contribution in [1.29, 1.82) is 0 Å². The Kier molecular flexibility index (Phi) is 2.81. The molecule has 1 aliphatic rings. The Morgan fingerprint density at radius 2 is 2.10 bits per heavy atom. The van der Waals surface area contributed by atoms with Crippen molar-refractivity contribution < 1.29 is 0 Å². The summed E-state index contributed by atoms with van der Waals surface area (Å²) in [5.41, 5.74) is 1.19. The second kappa shape index (κ2) is 4.79. The lowest BCUT2D eigenvalue weighted by atomic mass is 10.3. The number of nitrogens with zero attached hydrogens (tertiary/aromatic N) is 5. The minimum atomic E-state index is 0.820. The van der Waals surface area contributed by atoms with E-state index in [1.165, 1.54) is 10.6 Å². The summed E-state index contributed by atoms with van der Waals surface area (Å²) in [6.45, 7) is 0.820. The topological polar surface area (TPSA) is 48.5 Å². The Morgan fingerprint density at radius 3 is 3.00 bits per heavy atom. The maximum absolute atomic E-state index is 4.35. The van der Waals surface area contributed by atoms with Gasteiger partial charge in [-0.2, -0.15) is 5.10 Å². The van der Waals surface area contributed by atoms with Crippen molar-refractivity contribution >= 4 is 11.8 Å². The molecule has 3 aromatic rings. The molecular weight excluding hydrogens is 270 g/mol. The van der Waals surface area contributed by atoms with Gasteiger partial charge >= 0.3 is 0 Å². The summed E-state index contributed by atoms with van der Waals surface area (Å²) >= 11 is 1.82. The first-order valence-corrected chi connectivity index (χ1v) is 7.53. The van der Waals surface area contributed by atoms with Gasteiger partial charge in [0.15, 0.2) is 0 Å². The molecule has 100 valence electrons. The molecule has 0 fully saturated rings. The van der Waals surface area contributed by atoms with Crippen LogP contribution >= 0.6 is 11.8 Å². The number of para-hydroxylation sites is 1. The van der Waals surface area contributed by atoms with Crippen LogP contribution in [0, 0.1) is 0 Å². The van der Waals surface area contributed by atoms with Crippen LogP contribution in [0.3, 0.4) is 0 Å². The zero-order chi connectivity index (χ0) is 13.4. The average molecular weight is 283 g/mol. The van der Waals surface area contributed by atoms with E-state index in [1.807, 2.05) is 28.7 Å². The zero-order valence-corrected chi connectivity index (χ0v) is 11.6. The SMILES string of the molecule is c1ccc2c(c1)SCc1nnc(CCn3cccn3)n1-2. The van der Waals surface area contributed by atoms with Gasteiger partial charge in [-0.25, -0.2) is 0 Å². The van der Waals surface area contributed by atoms with Gasteiger partial charge in [0.25, 0.3) is 0 Å². The van der Waals surface area contributed by atoms with E-state index < -0.39 is 0 Å². The van der Waals surface area contributed by atoms with Crippen molar-refractivity contribution in [1.82, 2.24) is 24.5 Å². The third-order valence-electron chi connectivity index (χ3n) is 3.38. The normalized spacial score (nSPS) is 13.0. The van der Waals surface area contributed by atoms with Crippen LogP contribution in [0.15, 0.2) is 47.6 Å². The van der Waals surface area contributed by atoms with Crippen LogP contribution in [-0.4, -0.2) is 24.5 Å². The van der Waals surface area contributed by atoms with Crippen LogP contribution in [0.2, 0.25) is 0 Å². The summed E-state index contributed by atoms with van der Waals surface area (Å²) in [5, 5.41) is 12.9. The number of hydrogen-bond donors (Lipinski definition) is 0. The summed E-state index contributed by atoms with van der Waals surface area (Å²) in [7, 11) is 0. The average Bonchev–Trinajstić information content (AvgIpc) is 3.14. The van der Waals surface area contributed by atoms with Gasteiger partial charge in [-0.1, -0.05) is 12.1 Å². The highest BCUT2D eigenvalue weighted by molar-refractivity contribution is 7.98. The fourth-order valence-electron chi connectivity index (χ4n) is 2.44. The summed E-state index contributed by atoms with van der Waals surface area (Å²) in [5.74, 6) is 2.92. The predicted octanol–water partition coefficient (Wildman–Crippen LogP) is 2.31. The third kappa shape index (κ3) is 1.92. The molecule has 0 saturated carbocycles. The fourth-order valence-corrected chi connectivity index (χ4v) is 3.39.